The van der Waals surface area contributed by atoms with Gasteiger partial charge in [0.05, 0.1) is 10.0 Å². The number of thiazole rings is 1. The van der Waals surface area contributed by atoms with E-state index in [1.165, 1.54) is 56.3 Å². The van der Waals surface area contributed by atoms with Crippen molar-refractivity contribution in [3.05, 3.63) is 43.9 Å². The number of aromatic nitrogens is 1. The fraction of sp³-hybridized carbons (Fsp3) is 0.542. The molecule has 2 aromatic rings. The highest BCUT2D eigenvalue weighted by Crippen LogP contribution is 2.45. The van der Waals surface area contributed by atoms with Crippen LogP contribution in [0.4, 0.5) is 5.13 Å². The lowest BCUT2D eigenvalue weighted by atomic mass is 9.64. The first-order chi connectivity index (χ1) is 14.4. The first-order valence-corrected chi connectivity index (χ1v) is 13.4. The molecule has 2 aliphatic carbocycles. The first-order valence-electron chi connectivity index (χ1n) is 10.9. The third-order valence-electron chi connectivity index (χ3n) is 6.42. The van der Waals surface area contributed by atoms with Crippen molar-refractivity contribution in [3.8, 4) is 11.3 Å². The molecular formula is C24H30Cl2N2S2. The van der Waals surface area contributed by atoms with Gasteiger partial charge in [0.15, 0.2) is 5.13 Å². The molecule has 6 heteroatoms. The van der Waals surface area contributed by atoms with Gasteiger partial charge in [0.25, 0.3) is 0 Å². The summed E-state index contributed by atoms with van der Waals surface area (Å²) in [5.74, 6) is 1.24. The van der Waals surface area contributed by atoms with Crippen molar-refractivity contribution in [1.82, 2.24) is 4.98 Å². The number of anilines is 1. The Morgan fingerprint density at radius 1 is 1.23 bits per heavy atom. The quantitative estimate of drug-likeness (QED) is 0.399. The van der Waals surface area contributed by atoms with Crippen molar-refractivity contribution in [2.45, 2.75) is 58.8 Å². The molecule has 0 aromatic carbocycles. The van der Waals surface area contributed by atoms with Crippen LogP contribution >= 0.6 is 45.9 Å². The number of hydrogen-bond donors (Lipinski definition) is 1. The van der Waals surface area contributed by atoms with E-state index in [-0.39, 0.29) is 5.41 Å². The van der Waals surface area contributed by atoms with Crippen LogP contribution in [0.1, 0.15) is 58.8 Å². The SMILES string of the molecule is CC(C)(CNc1nc(-c2cc(Cl)sc2Cl)cs1)C(C1=CCCCC1)C1C=CCCC1. The van der Waals surface area contributed by atoms with Gasteiger partial charge < -0.3 is 5.32 Å². The Morgan fingerprint density at radius 3 is 2.77 bits per heavy atom. The van der Waals surface area contributed by atoms with Crippen LogP contribution < -0.4 is 5.32 Å². The summed E-state index contributed by atoms with van der Waals surface area (Å²) in [6, 6.07) is 1.90. The van der Waals surface area contributed by atoms with Gasteiger partial charge in [0.1, 0.15) is 4.34 Å². The molecule has 0 spiro atoms. The minimum Gasteiger partial charge on any atom is -0.361 e. The smallest absolute Gasteiger partial charge is 0.183 e. The molecule has 2 unspecified atom stereocenters. The number of halogens is 2. The van der Waals surface area contributed by atoms with Crippen molar-refractivity contribution < 1.29 is 0 Å². The minimum atomic E-state index is 0.144. The second kappa shape index (κ2) is 9.77. The molecule has 4 rings (SSSR count). The van der Waals surface area contributed by atoms with E-state index in [0.717, 1.165) is 22.9 Å². The average molecular weight is 482 g/mol. The van der Waals surface area contributed by atoms with Gasteiger partial charge in [-0.1, -0.05) is 60.9 Å². The predicted molar refractivity (Wildman–Crippen MR) is 134 cm³/mol. The van der Waals surface area contributed by atoms with Crippen molar-refractivity contribution in [2.24, 2.45) is 17.3 Å². The van der Waals surface area contributed by atoms with Gasteiger partial charge >= 0.3 is 0 Å². The van der Waals surface area contributed by atoms with E-state index < -0.39 is 0 Å². The first kappa shape index (κ1) is 22.4. The molecule has 0 bridgehead atoms. The highest BCUT2D eigenvalue weighted by atomic mass is 35.5. The molecular weight excluding hydrogens is 451 g/mol. The maximum atomic E-state index is 6.32. The molecule has 2 aromatic heterocycles. The average Bonchev–Trinajstić information content (AvgIpc) is 3.34. The lowest BCUT2D eigenvalue weighted by Crippen LogP contribution is -2.38. The van der Waals surface area contributed by atoms with E-state index in [0.29, 0.717) is 20.5 Å². The third-order valence-corrected chi connectivity index (χ3v) is 8.71. The molecule has 0 radical (unpaired) electrons. The Morgan fingerprint density at radius 2 is 2.10 bits per heavy atom. The normalized spacial score (nSPS) is 20.8. The summed E-state index contributed by atoms with van der Waals surface area (Å²) in [6.07, 6.45) is 16.5. The molecule has 2 atom stereocenters. The Kier molecular flexibility index (Phi) is 7.29. The minimum absolute atomic E-state index is 0.144. The van der Waals surface area contributed by atoms with Crippen LogP contribution in [0, 0.1) is 17.3 Å². The monoisotopic (exact) mass is 480 g/mol. The summed E-state index contributed by atoms with van der Waals surface area (Å²) in [5, 5.41) is 6.65. The van der Waals surface area contributed by atoms with E-state index in [4.69, 9.17) is 28.2 Å². The molecule has 2 aliphatic rings. The van der Waals surface area contributed by atoms with E-state index in [2.05, 4.69) is 42.8 Å². The number of nitrogens with zero attached hydrogens (tertiary/aromatic N) is 1. The van der Waals surface area contributed by atoms with Gasteiger partial charge in [0.2, 0.25) is 0 Å². The molecule has 0 aliphatic heterocycles. The Hall–Kier alpha value is -0.810. The summed E-state index contributed by atoms with van der Waals surface area (Å²) in [5.41, 5.74) is 3.65. The zero-order valence-corrected chi connectivity index (χ0v) is 20.9. The van der Waals surface area contributed by atoms with Gasteiger partial charge in [-0.15, -0.1) is 22.7 Å². The van der Waals surface area contributed by atoms with Crippen LogP contribution in [0.15, 0.2) is 35.2 Å². The Labute approximate surface area is 198 Å². The van der Waals surface area contributed by atoms with E-state index in [1.807, 2.05) is 6.07 Å². The molecule has 0 saturated carbocycles. The molecule has 0 fully saturated rings. The highest BCUT2D eigenvalue weighted by Gasteiger charge is 2.37. The van der Waals surface area contributed by atoms with E-state index >= 15 is 0 Å². The molecule has 30 heavy (non-hydrogen) atoms. The topological polar surface area (TPSA) is 24.9 Å². The van der Waals surface area contributed by atoms with Gasteiger partial charge in [0, 0.05) is 17.5 Å². The van der Waals surface area contributed by atoms with Gasteiger partial charge in [-0.05, 0) is 68.3 Å². The molecule has 1 N–H and O–H groups in total. The molecule has 0 amide bonds. The van der Waals surface area contributed by atoms with Gasteiger partial charge in [-0.3, -0.25) is 0 Å². The molecule has 162 valence electrons. The number of thiophene rings is 1. The number of allylic oxidation sites excluding steroid dienone is 4. The summed E-state index contributed by atoms with van der Waals surface area (Å²) in [7, 11) is 0. The largest absolute Gasteiger partial charge is 0.361 e. The number of hydrogen-bond acceptors (Lipinski definition) is 4. The van der Waals surface area contributed by atoms with Crippen molar-refractivity contribution in [1.29, 1.82) is 0 Å². The third kappa shape index (κ3) is 5.15. The fourth-order valence-corrected chi connectivity index (χ4v) is 7.22. The van der Waals surface area contributed by atoms with E-state index in [9.17, 15) is 0 Å². The summed E-state index contributed by atoms with van der Waals surface area (Å²) < 4.78 is 1.40. The maximum absolute atomic E-state index is 6.32. The molecule has 2 heterocycles. The summed E-state index contributed by atoms with van der Waals surface area (Å²) in [6.45, 7) is 5.75. The van der Waals surface area contributed by atoms with Crippen molar-refractivity contribution in [3.63, 3.8) is 0 Å². The lowest BCUT2D eigenvalue weighted by Gasteiger charge is -2.42. The summed E-state index contributed by atoms with van der Waals surface area (Å²) >= 11 is 15.5. The van der Waals surface area contributed by atoms with Crippen LogP contribution in [0.25, 0.3) is 11.3 Å². The second-order valence-corrected chi connectivity index (χ2v) is 12.3. The van der Waals surface area contributed by atoms with Crippen molar-refractivity contribution >= 4 is 51.0 Å². The Balaban J connectivity index is 1.50. The fourth-order valence-electron chi connectivity index (χ4n) is 5.03. The van der Waals surface area contributed by atoms with E-state index in [1.54, 1.807) is 16.9 Å². The van der Waals surface area contributed by atoms with Gasteiger partial charge in [-0.25, -0.2) is 4.98 Å². The van der Waals surface area contributed by atoms with Crippen molar-refractivity contribution in [2.75, 3.05) is 11.9 Å². The van der Waals surface area contributed by atoms with Crippen LogP contribution in [0.5, 0.6) is 0 Å². The maximum Gasteiger partial charge on any atom is 0.183 e. The summed E-state index contributed by atoms with van der Waals surface area (Å²) in [4.78, 5) is 4.78. The zero-order chi connectivity index (χ0) is 21.1. The number of nitrogens with one attached hydrogen (secondary N) is 1. The van der Waals surface area contributed by atoms with Crippen LogP contribution in [-0.2, 0) is 0 Å². The number of rotatable bonds is 7. The van der Waals surface area contributed by atoms with Crippen LogP contribution in [-0.4, -0.2) is 11.5 Å². The standard InChI is InChI=1S/C24H30Cl2N2S2/c1-24(2,21(16-9-5-3-6-10-16)17-11-7-4-8-12-17)15-27-23-28-19(14-29-23)18-13-20(25)30-22(18)26/h5,9,11,13-14,16,21H,3-4,6-8,10,12,15H2,1-2H3,(H,27,28). The lowest BCUT2D eigenvalue weighted by molar-refractivity contribution is 0.193. The molecule has 2 nitrogen and oxygen atoms in total. The van der Waals surface area contributed by atoms with Crippen LogP contribution in [0.3, 0.4) is 0 Å². The zero-order valence-electron chi connectivity index (χ0n) is 17.7. The van der Waals surface area contributed by atoms with Crippen LogP contribution in [0.2, 0.25) is 8.67 Å². The Bertz CT molecular complexity index is 926. The molecule has 0 saturated heterocycles. The predicted octanol–water partition coefficient (Wildman–Crippen LogP) is 9.09. The highest BCUT2D eigenvalue weighted by molar-refractivity contribution is 7.20. The second-order valence-electron chi connectivity index (χ2n) is 9.14. The van der Waals surface area contributed by atoms with Gasteiger partial charge in [-0.2, -0.15) is 0 Å².